The Balaban J connectivity index is 0.000000523. The van der Waals surface area contributed by atoms with E-state index in [-0.39, 0.29) is 40.1 Å². The number of hydrogen-bond donors (Lipinski definition) is 0. The van der Waals surface area contributed by atoms with E-state index in [1.54, 1.807) is 24.3 Å². The van der Waals surface area contributed by atoms with Gasteiger partial charge >= 0.3 is 19.5 Å². The maximum atomic E-state index is 10.6. The molecule has 9 heteroatoms. The van der Waals surface area contributed by atoms with E-state index in [1.807, 2.05) is 41.5 Å². The molecule has 29 heavy (non-hydrogen) atoms. The van der Waals surface area contributed by atoms with Gasteiger partial charge in [-0.1, -0.05) is 65.8 Å². The molecule has 2 rings (SSSR count). The number of hydrogen-bond acceptors (Lipinski definition) is 6. The summed E-state index contributed by atoms with van der Waals surface area (Å²) in [6, 6.07) is 12.1. The molecule has 0 aromatic heterocycles. The number of rotatable bonds is 2. The Hall–Kier alpha value is -1.12. The van der Waals surface area contributed by atoms with E-state index in [9.17, 15) is 25.9 Å². The molecule has 0 saturated heterocycles. The fourth-order valence-corrected chi connectivity index (χ4v) is 3.18. The van der Waals surface area contributed by atoms with E-state index < -0.39 is 20.2 Å². The molecule has 0 amide bonds. The summed E-state index contributed by atoms with van der Waals surface area (Å²) in [5.74, 6) is 0. The predicted octanol–water partition coefficient (Wildman–Crippen LogP) is 3.77. The van der Waals surface area contributed by atoms with Gasteiger partial charge in [-0.2, -0.15) is 0 Å². The van der Waals surface area contributed by atoms with Crippen LogP contribution in [0.2, 0.25) is 0 Å². The van der Waals surface area contributed by atoms with Crippen LogP contribution < -0.4 is 0 Å². The summed E-state index contributed by atoms with van der Waals surface area (Å²) in [5, 5.41) is 0. The van der Waals surface area contributed by atoms with Crippen LogP contribution in [0.5, 0.6) is 0 Å². The van der Waals surface area contributed by atoms with Crippen molar-refractivity contribution in [2.75, 3.05) is 0 Å². The van der Waals surface area contributed by atoms with Crippen molar-refractivity contribution in [1.29, 1.82) is 0 Å². The minimum atomic E-state index is -4.32. The average molecular weight is 492 g/mol. The van der Waals surface area contributed by atoms with Crippen molar-refractivity contribution in [2.45, 2.75) is 62.2 Å². The molecule has 0 unspecified atom stereocenters. The molecule has 0 N–H and O–H groups in total. The van der Waals surface area contributed by atoms with Gasteiger partial charge in [0.2, 0.25) is 0 Å². The largest absolute Gasteiger partial charge is 2.00 e. The molecule has 2 aromatic carbocycles. The standard InChI is InChI=1S/2C10H14O3S.Zn/c2*1-10(2,3)8-4-6-9(7-5-8)14(11,12)13;/h2*4-7H,1-3H3,(H,11,12,13);/q;;+2/p-2. The first-order chi connectivity index (χ1) is 12.4. The second kappa shape index (κ2) is 9.79. The third-order valence-electron chi connectivity index (χ3n) is 4.02. The van der Waals surface area contributed by atoms with Crippen LogP contribution in [0.15, 0.2) is 58.3 Å². The van der Waals surface area contributed by atoms with Crippen LogP contribution in [0, 0.1) is 0 Å². The summed E-state index contributed by atoms with van der Waals surface area (Å²) >= 11 is 0. The second-order valence-corrected chi connectivity index (χ2v) is 11.2. The molecule has 0 bridgehead atoms. The smallest absolute Gasteiger partial charge is 0.744 e. The van der Waals surface area contributed by atoms with Gasteiger partial charge in [-0.3, -0.25) is 0 Å². The molecule has 0 aliphatic heterocycles. The van der Waals surface area contributed by atoms with Crippen LogP contribution in [0.4, 0.5) is 0 Å². The van der Waals surface area contributed by atoms with Crippen LogP contribution in [-0.2, 0) is 50.5 Å². The Morgan fingerprint density at radius 1 is 0.552 bits per heavy atom. The van der Waals surface area contributed by atoms with E-state index in [0.717, 1.165) is 11.1 Å². The van der Waals surface area contributed by atoms with Gasteiger partial charge in [0.15, 0.2) is 0 Å². The molecule has 0 saturated carbocycles. The van der Waals surface area contributed by atoms with E-state index in [1.165, 1.54) is 24.3 Å². The molecule has 0 aliphatic carbocycles. The summed E-state index contributed by atoms with van der Waals surface area (Å²) in [5.41, 5.74) is 1.94. The van der Waals surface area contributed by atoms with Gasteiger partial charge in [0.05, 0.1) is 9.79 Å². The molecule has 0 aliphatic rings. The quantitative estimate of drug-likeness (QED) is 0.466. The first-order valence-corrected chi connectivity index (χ1v) is 11.4. The summed E-state index contributed by atoms with van der Waals surface area (Å²) in [6.07, 6.45) is 0. The van der Waals surface area contributed by atoms with Gasteiger partial charge in [0.25, 0.3) is 0 Å². The fourth-order valence-electron chi connectivity index (χ4n) is 2.24. The Kier molecular flexibility index (Phi) is 9.42. The second-order valence-electron chi connectivity index (χ2n) is 8.46. The average Bonchev–Trinajstić information content (AvgIpc) is 2.52. The van der Waals surface area contributed by atoms with Crippen molar-refractivity contribution < 1.29 is 45.4 Å². The minimum absolute atomic E-state index is 0. The fraction of sp³-hybridized carbons (Fsp3) is 0.400. The molecule has 0 atom stereocenters. The summed E-state index contributed by atoms with van der Waals surface area (Å²) < 4.78 is 63.8. The maximum absolute atomic E-state index is 10.6. The van der Waals surface area contributed by atoms with Crippen LogP contribution in [0.3, 0.4) is 0 Å². The first kappa shape index (κ1) is 27.9. The van der Waals surface area contributed by atoms with Crippen LogP contribution in [0.1, 0.15) is 52.7 Å². The maximum Gasteiger partial charge on any atom is 2.00 e. The van der Waals surface area contributed by atoms with E-state index in [4.69, 9.17) is 0 Å². The zero-order valence-electron chi connectivity index (χ0n) is 17.6. The molecule has 156 valence electrons. The Morgan fingerprint density at radius 3 is 0.897 bits per heavy atom. The molecule has 0 heterocycles. The van der Waals surface area contributed by atoms with Gasteiger partial charge < -0.3 is 9.11 Å². The molecule has 2 aromatic rings. The summed E-state index contributed by atoms with van der Waals surface area (Å²) in [7, 11) is -8.63. The molecule has 0 fully saturated rings. The summed E-state index contributed by atoms with van der Waals surface area (Å²) in [6.45, 7) is 12.1. The minimum Gasteiger partial charge on any atom is -0.744 e. The monoisotopic (exact) mass is 490 g/mol. The van der Waals surface area contributed by atoms with Crippen LogP contribution >= 0.6 is 0 Å². The van der Waals surface area contributed by atoms with Crippen molar-refractivity contribution in [3.63, 3.8) is 0 Å². The topological polar surface area (TPSA) is 114 Å². The van der Waals surface area contributed by atoms with Gasteiger partial charge in [-0.15, -0.1) is 0 Å². The van der Waals surface area contributed by atoms with Crippen molar-refractivity contribution in [3.8, 4) is 0 Å². The molecular weight excluding hydrogens is 466 g/mol. The van der Waals surface area contributed by atoms with Crippen molar-refractivity contribution in [1.82, 2.24) is 0 Å². The zero-order chi connectivity index (χ0) is 22.0. The Labute approximate surface area is 187 Å². The Bertz CT molecular complexity index is 911. The van der Waals surface area contributed by atoms with Gasteiger partial charge in [-0.05, 0) is 46.2 Å². The van der Waals surface area contributed by atoms with Crippen molar-refractivity contribution >= 4 is 20.2 Å². The SMILES string of the molecule is CC(C)(C)c1ccc(S(=O)(=O)[O-])cc1.CC(C)(C)c1ccc(S(=O)(=O)[O-])cc1.[Zn+2]. The molecule has 6 nitrogen and oxygen atoms in total. The zero-order valence-corrected chi connectivity index (χ0v) is 22.2. The van der Waals surface area contributed by atoms with E-state index in [2.05, 4.69) is 0 Å². The van der Waals surface area contributed by atoms with Crippen LogP contribution in [-0.4, -0.2) is 25.9 Å². The predicted molar refractivity (Wildman–Crippen MR) is 106 cm³/mol. The van der Waals surface area contributed by atoms with Crippen LogP contribution in [0.25, 0.3) is 0 Å². The van der Waals surface area contributed by atoms with Crippen molar-refractivity contribution in [2.24, 2.45) is 0 Å². The molecular formula is C20H26O6S2Zn. The van der Waals surface area contributed by atoms with Crippen molar-refractivity contribution in [3.05, 3.63) is 59.7 Å². The van der Waals surface area contributed by atoms with E-state index >= 15 is 0 Å². The van der Waals surface area contributed by atoms with Gasteiger partial charge in [0.1, 0.15) is 20.2 Å². The van der Waals surface area contributed by atoms with E-state index in [0.29, 0.717) is 0 Å². The molecule has 0 spiro atoms. The molecule has 0 radical (unpaired) electrons. The first-order valence-electron chi connectivity index (χ1n) is 8.55. The summed E-state index contributed by atoms with van der Waals surface area (Å²) in [4.78, 5) is -0.351. The number of benzene rings is 2. The normalized spacial score (nSPS) is 12.4. The Morgan fingerprint density at radius 2 is 0.759 bits per heavy atom. The third kappa shape index (κ3) is 9.05. The third-order valence-corrected chi connectivity index (χ3v) is 5.72. The van der Waals surface area contributed by atoms with Gasteiger partial charge in [0, 0.05) is 0 Å². The van der Waals surface area contributed by atoms with Gasteiger partial charge in [-0.25, -0.2) is 16.8 Å².